The van der Waals surface area contributed by atoms with Crippen LogP contribution in [-0.4, -0.2) is 18.1 Å². The standard InChI is InChI=1S/C16H15NO3/c1-20-14-9-5-2-6-11(14)10-17-13-8-4-3-7-12(13)15(18)16(17)19/h2-9,15,18H,10H2,1H3/t15-/m1/s1. The monoisotopic (exact) mass is 269 g/mol. The maximum absolute atomic E-state index is 12.2. The predicted molar refractivity (Wildman–Crippen MR) is 75.6 cm³/mol. The van der Waals surface area contributed by atoms with Gasteiger partial charge < -0.3 is 14.7 Å². The molecular formula is C16H15NO3. The molecule has 1 N–H and O–H groups in total. The van der Waals surface area contributed by atoms with Crippen LogP contribution in [0.1, 0.15) is 17.2 Å². The molecule has 3 rings (SSSR count). The third-order valence-corrected chi connectivity index (χ3v) is 3.54. The molecule has 4 heteroatoms. The number of rotatable bonds is 3. The first-order valence-corrected chi connectivity index (χ1v) is 6.42. The van der Waals surface area contributed by atoms with Crippen LogP contribution in [0.4, 0.5) is 5.69 Å². The van der Waals surface area contributed by atoms with Gasteiger partial charge in [-0.2, -0.15) is 0 Å². The molecule has 1 aliphatic heterocycles. The maximum Gasteiger partial charge on any atom is 0.260 e. The minimum absolute atomic E-state index is 0.294. The molecule has 20 heavy (non-hydrogen) atoms. The van der Waals surface area contributed by atoms with Crippen molar-refractivity contribution in [2.45, 2.75) is 12.6 Å². The van der Waals surface area contributed by atoms with Crippen molar-refractivity contribution >= 4 is 11.6 Å². The number of anilines is 1. The number of ether oxygens (including phenoxy) is 1. The van der Waals surface area contributed by atoms with Crippen LogP contribution in [0.2, 0.25) is 0 Å². The third kappa shape index (κ3) is 1.94. The zero-order valence-corrected chi connectivity index (χ0v) is 11.1. The number of aliphatic hydroxyl groups is 1. The summed E-state index contributed by atoms with van der Waals surface area (Å²) in [5.41, 5.74) is 2.33. The first kappa shape index (κ1) is 12.7. The lowest BCUT2D eigenvalue weighted by Gasteiger charge is -2.19. The van der Waals surface area contributed by atoms with Crippen LogP contribution in [-0.2, 0) is 11.3 Å². The van der Waals surface area contributed by atoms with Crippen LogP contribution in [0.5, 0.6) is 5.75 Å². The van der Waals surface area contributed by atoms with Crippen LogP contribution in [0, 0.1) is 0 Å². The largest absolute Gasteiger partial charge is 0.496 e. The Balaban J connectivity index is 1.97. The van der Waals surface area contributed by atoms with Gasteiger partial charge in [0.05, 0.1) is 19.3 Å². The van der Waals surface area contributed by atoms with Gasteiger partial charge in [0.15, 0.2) is 6.10 Å². The third-order valence-electron chi connectivity index (χ3n) is 3.54. The van der Waals surface area contributed by atoms with E-state index >= 15 is 0 Å². The van der Waals surface area contributed by atoms with Gasteiger partial charge in [-0.25, -0.2) is 0 Å². The lowest BCUT2D eigenvalue weighted by molar-refractivity contribution is -0.125. The van der Waals surface area contributed by atoms with Gasteiger partial charge >= 0.3 is 0 Å². The summed E-state index contributed by atoms with van der Waals surface area (Å²) < 4.78 is 5.31. The number of aliphatic hydroxyl groups excluding tert-OH is 1. The van der Waals surface area contributed by atoms with Gasteiger partial charge in [-0.15, -0.1) is 0 Å². The molecule has 1 aliphatic rings. The Labute approximate surface area is 117 Å². The average molecular weight is 269 g/mol. The molecular weight excluding hydrogens is 254 g/mol. The van der Waals surface area contributed by atoms with E-state index < -0.39 is 6.10 Å². The molecule has 0 bridgehead atoms. The van der Waals surface area contributed by atoms with Gasteiger partial charge in [-0.1, -0.05) is 36.4 Å². The van der Waals surface area contributed by atoms with E-state index in [1.165, 1.54) is 0 Å². The van der Waals surface area contributed by atoms with Gasteiger partial charge in [-0.3, -0.25) is 4.79 Å². The number of para-hydroxylation sites is 2. The summed E-state index contributed by atoms with van der Waals surface area (Å²) >= 11 is 0. The van der Waals surface area contributed by atoms with Gasteiger partial charge in [0.1, 0.15) is 5.75 Å². The predicted octanol–water partition coefficient (Wildman–Crippen LogP) is 2.28. The molecule has 1 amide bonds. The second-order valence-corrected chi connectivity index (χ2v) is 4.70. The average Bonchev–Trinajstić information content (AvgIpc) is 2.73. The number of carbonyl (C=O) groups excluding carboxylic acids is 1. The Morgan fingerprint density at radius 2 is 1.85 bits per heavy atom. The number of amides is 1. The number of hydrogen-bond acceptors (Lipinski definition) is 3. The highest BCUT2D eigenvalue weighted by atomic mass is 16.5. The summed E-state index contributed by atoms with van der Waals surface area (Å²) in [5.74, 6) is 0.441. The Morgan fingerprint density at radius 1 is 1.15 bits per heavy atom. The van der Waals surface area contributed by atoms with E-state index in [4.69, 9.17) is 4.74 Å². The number of methoxy groups -OCH3 is 1. The smallest absolute Gasteiger partial charge is 0.260 e. The summed E-state index contributed by atoms with van der Waals surface area (Å²) in [6.45, 7) is 0.386. The van der Waals surface area contributed by atoms with Crippen molar-refractivity contribution in [2.24, 2.45) is 0 Å². The van der Waals surface area contributed by atoms with E-state index in [9.17, 15) is 9.90 Å². The normalized spacial score (nSPS) is 17.2. The van der Waals surface area contributed by atoms with Gasteiger partial charge in [-0.05, 0) is 12.1 Å². The van der Waals surface area contributed by atoms with E-state index in [0.717, 1.165) is 17.0 Å². The molecule has 0 unspecified atom stereocenters. The molecule has 2 aromatic carbocycles. The van der Waals surface area contributed by atoms with E-state index in [-0.39, 0.29) is 5.91 Å². The van der Waals surface area contributed by atoms with Crippen molar-refractivity contribution < 1.29 is 14.6 Å². The zero-order chi connectivity index (χ0) is 14.1. The van der Waals surface area contributed by atoms with E-state index in [1.807, 2.05) is 42.5 Å². The molecule has 0 radical (unpaired) electrons. The fourth-order valence-electron chi connectivity index (χ4n) is 2.53. The minimum atomic E-state index is -1.07. The summed E-state index contributed by atoms with van der Waals surface area (Å²) in [6.07, 6.45) is -1.07. The number of carbonyl (C=O) groups is 1. The minimum Gasteiger partial charge on any atom is -0.496 e. The van der Waals surface area contributed by atoms with Crippen LogP contribution in [0.15, 0.2) is 48.5 Å². The molecule has 0 spiro atoms. The number of fused-ring (bicyclic) bond motifs is 1. The molecule has 1 heterocycles. The van der Waals surface area contributed by atoms with Crippen molar-refractivity contribution in [3.05, 3.63) is 59.7 Å². The maximum atomic E-state index is 12.2. The zero-order valence-electron chi connectivity index (χ0n) is 11.1. The fourth-order valence-corrected chi connectivity index (χ4v) is 2.53. The molecule has 0 aliphatic carbocycles. The molecule has 0 aromatic heterocycles. The molecule has 0 saturated carbocycles. The highest BCUT2D eigenvalue weighted by Crippen LogP contribution is 2.37. The van der Waals surface area contributed by atoms with Gasteiger partial charge in [0, 0.05) is 11.1 Å². The van der Waals surface area contributed by atoms with Crippen LogP contribution >= 0.6 is 0 Å². The second kappa shape index (κ2) is 4.98. The Hall–Kier alpha value is -2.33. The Bertz CT molecular complexity index is 654. The topological polar surface area (TPSA) is 49.8 Å². The Kier molecular flexibility index (Phi) is 3.16. The van der Waals surface area contributed by atoms with Crippen LogP contribution in [0.3, 0.4) is 0 Å². The number of nitrogens with zero attached hydrogens (tertiary/aromatic N) is 1. The van der Waals surface area contributed by atoms with Crippen molar-refractivity contribution in [1.82, 2.24) is 0 Å². The summed E-state index contributed by atoms with van der Waals surface area (Å²) in [7, 11) is 1.60. The van der Waals surface area contributed by atoms with E-state index in [1.54, 1.807) is 18.1 Å². The molecule has 0 fully saturated rings. The van der Waals surface area contributed by atoms with Crippen LogP contribution in [0.25, 0.3) is 0 Å². The van der Waals surface area contributed by atoms with Crippen molar-refractivity contribution in [1.29, 1.82) is 0 Å². The molecule has 4 nitrogen and oxygen atoms in total. The van der Waals surface area contributed by atoms with Crippen LogP contribution < -0.4 is 9.64 Å². The summed E-state index contributed by atoms with van der Waals surface area (Å²) in [6, 6.07) is 14.9. The quantitative estimate of drug-likeness (QED) is 0.930. The Morgan fingerprint density at radius 3 is 2.65 bits per heavy atom. The lowest BCUT2D eigenvalue weighted by Crippen LogP contribution is -2.28. The van der Waals surface area contributed by atoms with Crippen molar-refractivity contribution in [3.8, 4) is 5.75 Å². The highest BCUT2D eigenvalue weighted by Gasteiger charge is 2.35. The number of hydrogen-bond donors (Lipinski definition) is 1. The van der Waals surface area contributed by atoms with Crippen molar-refractivity contribution in [3.63, 3.8) is 0 Å². The number of benzene rings is 2. The van der Waals surface area contributed by atoms with E-state index in [0.29, 0.717) is 12.1 Å². The van der Waals surface area contributed by atoms with Gasteiger partial charge in [0.2, 0.25) is 0 Å². The summed E-state index contributed by atoms with van der Waals surface area (Å²) in [5, 5.41) is 10.0. The van der Waals surface area contributed by atoms with Gasteiger partial charge in [0.25, 0.3) is 5.91 Å². The molecule has 0 saturated heterocycles. The van der Waals surface area contributed by atoms with E-state index in [2.05, 4.69) is 0 Å². The molecule has 1 atom stereocenters. The molecule has 102 valence electrons. The first-order chi connectivity index (χ1) is 9.72. The fraction of sp³-hybridized carbons (Fsp3) is 0.188. The first-order valence-electron chi connectivity index (χ1n) is 6.42. The second-order valence-electron chi connectivity index (χ2n) is 4.70. The highest BCUT2D eigenvalue weighted by molar-refractivity contribution is 6.03. The summed E-state index contributed by atoms with van der Waals surface area (Å²) in [4.78, 5) is 13.8. The van der Waals surface area contributed by atoms with Crippen molar-refractivity contribution in [2.75, 3.05) is 12.0 Å². The molecule has 2 aromatic rings. The lowest BCUT2D eigenvalue weighted by atomic mass is 10.1. The SMILES string of the molecule is COc1ccccc1CN1C(=O)[C@H](O)c2ccccc21.